The number of nitrogens with zero attached hydrogens (tertiary/aromatic N) is 1. The first kappa shape index (κ1) is 15.4. The number of nitrogens with one attached hydrogen (secondary N) is 1. The van der Waals surface area contributed by atoms with Gasteiger partial charge in [-0.25, -0.2) is 4.98 Å². The molecule has 0 aliphatic carbocycles. The second kappa shape index (κ2) is 7.14. The Morgan fingerprint density at radius 2 is 2.19 bits per heavy atom. The van der Waals surface area contributed by atoms with Gasteiger partial charge < -0.3 is 15.8 Å². The minimum atomic E-state index is -0.198. The van der Waals surface area contributed by atoms with Crippen LogP contribution in [0.2, 0.25) is 0 Å². The molecule has 0 aliphatic rings. The number of aromatic nitrogens is 1. The molecule has 0 fully saturated rings. The molecular formula is C14H15N3O2S2. The van der Waals surface area contributed by atoms with Crippen LogP contribution in [0.25, 0.3) is 0 Å². The van der Waals surface area contributed by atoms with Gasteiger partial charge in [0.1, 0.15) is 15.7 Å². The summed E-state index contributed by atoms with van der Waals surface area (Å²) in [6, 6.07) is 6.85. The summed E-state index contributed by atoms with van der Waals surface area (Å²) in [6.07, 6.45) is 1.71. The molecular weight excluding hydrogens is 306 g/mol. The molecule has 0 spiro atoms. The first-order valence-corrected chi connectivity index (χ1v) is 7.56. The minimum Gasteiger partial charge on any atom is -0.484 e. The fourth-order valence-electron chi connectivity index (χ4n) is 1.66. The number of amides is 1. The van der Waals surface area contributed by atoms with Crippen LogP contribution >= 0.6 is 23.6 Å². The maximum Gasteiger partial charge on any atom is 0.258 e. The molecule has 0 saturated carbocycles. The summed E-state index contributed by atoms with van der Waals surface area (Å²) in [4.78, 5) is 16.3. The molecule has 7 heteroatoms. The average Bonchev–Trinajstić information content (AvgIpc) is 3.00. The standard InChI is InChI=1S/C14H15N3O2S2/c1-9(14-16-6-7-21-14)17-12(18)8-19-11-4-2-10(3-5-11)13(15)20/h2-7,9H,8H2,1H3,(H2,15,20)(H,17,18). The van der Waals surface area contributed by atoms with Crippen LogP contribution in [0.15, 0.2) is 35.8 Å². The van der Waals surface area contributed by atoms with E-state index in [9.17, 15) is 4.79 Å². The Balaban J connectivity index is 1.82. The SMILES string of the molecule is CC(NC(=O)COc1ccc(C(N)=S)cc1)c1nccs1. The second-order valence-electron chi connectivity index (χ2n) is 4.34. The van der Waals surface area contributed by atoms with Gasteiger partial charge in [0.05, 0.1) is 6.04 Å². The lowest BCUT2D eigenvalue weighted by Gasteiger charge is -2.12. The highest BCUT2D eigenvalue weighted by Crippen LogP contribution is 2.15. The first-order valence-electron chi connectivity index (χ1n) is 6.27. The third kappa shape index (κ3) is 4.51. The third-order valence-corrected chi connectivity index (χ3v) is 3.90. The topological polar surface area (TPSA) is 77.2 Å². The zero-order chi connectivity index (χ0) is 15.2. The molecule has 1 heterocycles. The number of thiazole rings is 1. The van der Waals surface area contributed by atoms with Crippen molar-refractivity contribution in [1.82, 2.24) is 10.3 Å². The van der Waals surface area contributed by atoms with Gasteiger partial charge in [0, 0.05) is 17.1 Å². The highest BCUT2D eigenvalue weighted by Gasteiger charge is 2.12. The molecule has 0 radical (unpaired) electrons. The molecule has 2 rings (SSSR count). The number of thiocarbonyl (C=S) groups is 1. The van der Waals surface area contributed by atoms with E-state index in [1.165, 1.54) is 11.3 Å². The summed E-state index contributed by atoms with van der Waals surface area (Å²) in [5.74, 6) is 0.392. The molecule has 5 nitrogen and oxygen atoms in total. The van der Waals surface area contributed by atoms with Crippen LogP contribution in [0.1, 0.15) is 23.5 Å². The predicted octanol–water partition coefficient (Wildman–Crippen LogP) is 2.03. The summed E-state index contributed by atoms with van der Waals surface area (Å²) in [6.45, 7) is 1.83. The van der Waals surface area contributed by atoms with Crippen LogP contribution in [0.5, 0.6) is 5.75 Å². The highest BCUT2D eigenvalue weighted by molar-refractivity contribution is 7.80. The van der Waals surface area contributed by atoms with Gasteiger partial charge >= 0.3 is 0 Å². The molecule has 0 saturated heterocycles. The minimum absolute atomic E-state index is 0.0534. The first-order chi connectivity index (χ1) is 10.1. The van der Waals surface area contributed by atoms with E-state index in [0.29, 0.717) is 10.7 Å². The number of carbonyl (C=O) groups is 1. The number of benzene rings is 1. The van der Waals surface area contributed by atoms with E-state index in [1.54, 1.807) is 30.5 Å². The van der Waals surface area contributed by atoms with Gasteiger partial charge in [-0.1, -0.05) is 12.2 Å². The maximum atomic E-state index is 11.8. The van der Waals surface area contributed by atoms with Crippen molar-refractivity contribution in [1.29, 1.82) is 0 Å². The van der Waals surface area contributed by atoms with Crippen LogP contribution in [0.3, 0.4) is 0 Å². The number of ether oxygens (including phenoxy) is 1. The van der Waals surface area contributed by atoms with Crippen molar-refractivity contribution in [2.24, 2.45) is 5.73 Å². The lowest BCUT2D eigenvalue weighted by atomic mass is 10.2. The van der Waals surface area contributed by atoms with E-state index >= 15 is 0 Å². The Kier molecular flexibility index (Phi) is 5.24. The van der Waals surface area contributed by atoms with Gasteiger partial charge in [-0.2, -0.15) is 0 Å². The second-order valence-corrected chi connectivity index (χ2v) is 5.70. The van der Waals surface area contributed by atoms with E-state index in [4.69, 9.17) is 22.7 Å². The molecule has 1 aromatic heterocycles. The molecule has 1 atom stereocenters. The van der Waals surface area contributed by atoms with Crippen LogP contribution < -0.4 is 15.8 Å². The molecule has 3 N–H and O–H groups in total. The molecule has 110 valence electrons. The van der Waals surface area contributed by atoms with Crippen LogP contribution in [-0.4, -0.2) is 22.5 Å². The summed E-state index contributed by atoms with van der Waals surface area (Å²) in [5.41, 5.74) is 6.27. The number of hydrogen-bond donors (Lipinski definition) is 2. The highest BCUT2D eigenvalue weighted by atomic mass is 32.1. The molecule has 0 bridgehead atoms. The van der Waals surface area contributed by atoms with Gasteiger partial charge in [0.15, 0.2) is 6.61 Å². The monoisotopic (exact) mass is 321 g/mol. The summed E-state index contributed by atoms with van der Waals surface area (Å²) < 4.78 is 5.41. The Hall–Kier alpha value is -1.99. The Morgan fingerprint density at radius 1 is 1.48 bits per heavy atom. The Morgan fingerprint density at radius 3 is 2.76 bits per heavy atom. The molecule has 21 heavy (non-hydrogen) atoms. The number of nitrogens with two attached hydrogens (primary N) is 1. The molecule has 1 aromatic carbocycles. The zero-order valence-electron chi connectivity index (χ0n) is 11.4. The number of hydrogen-bond acceptors (Lipinski definition) is 5. The fraction of sp³-hybridized carbons (Fsp3) is 0.214. The Labute approximate surface area is 132 Å². The number of rotatable bonds is 6. The van der Waals surface area contributed by atoms with Crippen LogP contribution in [-0.2, 0) is 4.79 Å². The van der Waals surface area contributed by atoms with E-state index in [1.807, 2.05) is 12.3 Å². The van der Waals surface area contributed by atoms with Gasteiger partial charge in [0.25, 0.3) is 5.91 Å². The number of carbonyl (C=O) groups excluding carboxylic acids is 1. The largest absolute Gasteiger partial charge is 0.484 e. The molecule has 1 unspecified atom stereocenters. The quantitative estimate of drug-likeness (QED) is 0.796. The summed E-state index contributed by atoms with van der Waals surface area (Å²) >= 11 is 6.37. The van der Waals surface area contributed by atoms with Gasteiger partial charge in [-0.15, -0.1) is 11.3 Å². The van der Waals surface area contributed by atoms with Crippen molar-refractivity contribution in [3.05, 3.63) is 46.4 Å². The van der Waals surface area contributed by atoms with Crippen LogP contribution in [0.4, 0.5) is 0 Å². The maximum absolute atomic E-state index is 11.8. The normalized spacial score (nSPS) is 11.7. The third-order valence-electron chi connectivity index (χ3n) is 2.71. The van der Waals surface area contributed by atoms with E-state index < -0.39 is 0 Å². The van der Waals surface area contributed by atoms with Crippen molar-refractivity contribution in [2.45, 2.75) is 13.0 Å². The van der Waals surface area contributed by atoms with Gasteiger partial charge in [-0.3, -0.25) is 4.79 Å². The van der Waals surface area contributed by atoms with Crippen LogP contribution in [0, 0.1) is 0 Å². The lowest BCUT2D eigenvalue weighted by Crippen LogP contribution is -2.31. The summed E-state index contributed by atoms with van der Waals surface area (Å²) in [5, 5.41) is 5.56. The molecule has 0 aliphatic heterocycles. The van der Waals surface area contributed by atoms with E-state index in [2.05, 4.69) is 10.3 Å². The molecule has 2 aromatic rings. The average molecular weight is 321 g/mol. The van der Waals surface area contributed by atoms with Crippen molar-refractivity contribution >= 4 is 34.5 Å². The zero-order valence-corrected chi connectivity index (χ0v) is 13.0. The lowest BCUT2D eigenvalue weighted by molar-refractivity contribution is -0.123. The fourth-order valence-corrected chi connectivity index (χ4v) is 2.44. The van der Waals surface area contributed by atoms with E-state index in [0.717, 1.165) is 10.6 Å². The van der Waals surface area contributed by atoms with E-state index in [-0.39, 0.29) is 18.6 Å². The molecule has 1 amide bonds. The van der Waals surface area contributed by atoms with Crippen molar-refractivity contribution in [3.8, 4) is 5.75 Å². The summed E-state index contributed by atoms with van der Waals surface area (Å²) in [7, 11) is 0. The van der Waals surface area contributed by atoms with Gasteiger partial charge in [-0.05, 0) is 31.2 Å². The van der Waals surface area contributed by atoms with Crippen molar-refractivity contribution in [3.63, 3.8) is 0 Å². The van der Waals surface area contributed by atoms with Crippen molar-refractivity contribution in [2.75, 3.05) is 6.61 Å². The Bertz CT molecular complexity index is 612. The van der Waals surface area contributed by atoms with Gasteiger partial charge in [0.2, 0.25) is 0 Å². The van der Waals surface area contributed by atoms with Crippen molar-refractivity contribution < 1.29 is 9.53 Å². The smallest absolute Gasteiger partial charge is 0.258 e. The predicted molar refractivity (Wildman–Crippen MR) is 86.5 cm³/mol.